The van der Waals surface area contributed by atoms with Crippen LogP contribution in [0.5, 0.6) is 0 Å². The molecule has 0 unspecified atom stereocenters. The lowest BCUT2D eigenvalue weighted by Crippen LogP contribution is -2.39. The molecule has 0 spiro atoms. The molecule has 2 heterocycles. The third-order valence-electron chi connectivity index (χ3n) is 3.60. The maximum Gasteiger partial charge on any atom is 0.408 e. The highest BCUT2D eigenvalue weighted by molar-refractivity contribution is 6.31. The third-order valence-corrected chi connectivity index (χ3v) is 4.09. The number of pyridine rings is 1. The number of hydrogen-bond acceptors (Lipinski definition) is 4. The number of ether oxygens (including phenoxy) is 1. The highest BCUT2D eigenvalue weighted by atomic mass is 35.5. The number of hydrogen-bond donors (Lipinski definition) is 2. The number of benzene rings is 1. The Morgan fingerprint density at radius 2 is 2.12 bits per heavy atom. The Kier molecular flexibility index (Phi) is 5.06. The molecule has 0 aliphatic carbocycles. The number of aromatic nitrogens is 1. The standard InChI is InChI=1S/C16H12Cl2FN3O3/c17-10-3-9(5-20-6-10)14(8-1-2-12(19)11(18)4-8)22-15(23)13-7-21-16(24)25-13/h1-6,13-14H,7H2,(H,21,24)(H,22,23)/t13-,14+/m0/s1. The third kappa shape index (κ3) is 4.00. The van der Waals surface area contributed by atoms with Crippen molar-refractivity contribution >= 4 is 35.2 Å². The quantitative estimate of drug-likeness (QED) is 0.850. The molecule has 130 valence electrons. The van der Waals surface area contributed by atoms with Gasteiger partial charge in [-0.3, -0.25) is 9.78 Å². The summed E-state index contributed by atoms with van der Waals surface area (Å²) >= 11 is 11.8. The normalized spacial score (nSPS) is 17.6. The summed E-state index contributed by atoms with van der Waals surface area (Å²) in [4.78, 5) is 27.5. The van der Waals surface area contributed by atoms with Crippen LogP contribution in [0.1, 0.15) is 17.2 Å². The molecule has 2 atom stereocenters. The molecule has 3 rings (SSSR count). The molecule has 1 fully saturated rings. The molecule has 0 saturated carbocycles. The van der Waals surface area contributed by atoms with Gasteiger partial charge in [0, 0.05) is 12.4 Å². The maximum atomic E-state index is 13.5. The van der Waals surface area contributed by atoms with Gasteiger partial charge in [0.25, 0.3) is 5.91 Å². The Morgan fingerprint density at radius 3 is 2.76 bits per heavy atom. The van der Waals surface area contributed by atoms with Gasteiger partial charge in [-0.25, -0.2) is 9.18 Å². The first-order valence-electron chi connectivity index (χ1n) is 7.24. The number of nitrogens with zero attached hydrogens (tertiary/aromatic N) is 1. The monoisotopic (exact) mass is 383 g/mol. The van der Waals surface area contributed by atoms with Gasteiger partial charge in [-0.2, -0.15) is 0 Å². The first kappa shape index (κ1) is 17.4. The second-order valence-electron chi connectivity index (χ2n) is 5.33. The van der Waals surface area contributed by atoms with Crippen LogP contribution in [-0.2, 0) is 9.53 Å². The largest absolute Gasteiger partial charge is 0.434 e. The topological polar surface area (TPSA) is 80.3 Å². The molecule has 2 N–H and O–H groups in total. The van der Waals surface area contributed by atoms with E-state index in [4.69, 9.17) is 27.9 Å². The Hall–Kier alpha value is -2.38. The number of cyclic esters (lactones) is 1. The van der Waals surface area contributed by atoms with E-state index in [1.54, 1.807) is 6.07 Å². The summed E-state index contributed by atoms with van der Waals surface area (Å²) < 4.78 is 18.3. The van der Waals surface area contributed by atoms with Crippen LogP contribution in [-0.4, -0.2) is 29.6 Å². The summed E-state index contributed by atoms with van der Waals surface area (Å²) in [6, 6.07) is 5.02. The number of nitrogens with one attached hydrogen (secondary N) is 2. The number of amides is 2. The highest BCUT2D eigenvalue weighted by Crippen LogP contribution is 2.27. The average molecular weight is 384 g/mol. The van der Waals surface area contributed by atoms with Gasteiger partial charge in [0.2, 0.25) is 0 Å². The van der Waals surface area contributed by atoms with E-state index in [0.29, 0.717) is 16.1 Å². The van der Waals surface area contributed by atoms with Crippen LogP contribution < -0.4 is 10.6 Å². The summed E-state index contributed by atoms with van der Waals surface area (Å²) in [6.45, 7) is 0.0648. The first-order valence-corrected chi connectivity index (χ1v) is 8.00. The predicted molar refractivity (Wildman–Crippen MR) is 88.9 cm³/mol. The van der Waals surface area contributed by atoms with Gasteiger partial charge in [0.1, 0.15) is 5.82 Å². The molecule has 1 aromatic carbocycles. The molecule has 1 aliphatic rings. The molecular formula is C16H12Cl2FN3O3. The van der Waals surface area contributed by atoms with Crippen molar-refractivity contribution in [1.82, 2.24) is 15.6 Å². The lowest BCUT2D eigenvalue weighted by molar-refractivity contribution is -0.128. The number of rotatable bonds is 4. The van der Waals surface area contributed by atoms with Gasteiger partial charge in [-0.15, -0.1) is 0 Å². The molecule has 1 aromatic heterocycles. The molecule has 1 saturated heterocycles. The van der Waals surface area contributed by atoms with E-state index in [1.165, 1.54) is 30.6 Å². The molecular weight excluding hydrogens is 372 g/mol. The minimum Gasteiger partial charge on any atom is -0.434 e. The summed E-state index contributed by atoms with van der Waals surface area (Å²) in [5.41, 5.74) is 1.10. The summed E-state index contributed by atoms with van der Waals surface area (Å²) in [7, 11) is 0. The zero-order valence-electron chi connectivity index (χ0n) is 12.6. The van der Waals surface area contributed by atoms with Gasteiger partial charge >= 0.3 is 6.09 Å². The minimum absolute atomic E-state index is 0.0648. The fourth-order valence-electron chi connectivity index (χ4n) is 2.41. The van der Waals surface area contributed by atoms with Gasteiger partial charge in [0.15, 0.2) is 6.10 Å². The fraction of sp³-hybridized carbons (Fsp3) is 0.188. The molecule has 25 heavy (non-hydrogen) atoms. The molecule has 0 bridgehead atoms. The van der Waals surface area contributed by atoms with Gasteiger partial charge < -0.3 is 15.4 Å². The Bertz CT molecular complexity index is 834. The van der Waals surface area contributed by atoms with Crippen molar-refractivity contribution in [3.8, 4) is 0 Å². The lowest BCUT2D eigenvalue weighted by Gasteiger charge is -2.21. The molecule has 9 heteroatoms. The molecule has 0 radical (unpaired) electrons. The van der Waals surface area contributed by atoms with E-state index < -0.39 is 30.0 Å². The van der Waals surface area contributed by atoms with Crippen molar-refractivity contribution in [3.63, 3.8) is 0 Å². The number of alkyl carbamates (subject to hydrolysis) is 1. The van der Waals surface area contributed by atoms with Crippen LogP contribution >= 0.6 is 23.2 Å². The second-order valence-corrected chi connectivity index (χ2v) is 6.17. The second kappa shape index (κ2) is 7.25. The zero-order chi connectivity index (χ0) is 18.0. The van der Waals surface area contributed by atoms with E-state index in [9.17, 15) is 14.0 Å². The molecule has 6 nitrogen and oxygen atoms in total. The van der Waals surface area contributed by atoms with Crippen molar-refractivity contribution < 1.29 is 18.7 Å². The van der Waals surface area contributed by atoms with Crippen molar-refractivity contribution in [2.24, 2.45) is 0 Å². The average Bonchev–Trinajstić information content (AvgIpc) is 3.02. The van der Waals surface area contributed by atoms with Crippen LogP contribution in [0.3, 0.4) is 0 Å². The SMILES string of the molecule is O=C1NC[C@@H](C(=O)N[C@@H](c2cncc(Cl)c2)c2ccc(F)c(Cl)c2)O1. The van der Waals surface area contributed by atoms with E-state index in [-0.39, 0.29) is 11.6 Å². The van der Waals surface area contributed by atoms with Crippen molar-refractivity contribution in [2.75, 3.05) is 6.54 Å². The molecule has 2 amide bonds. The van der Waals surface area contributed by atoms with E-state index >= 15 is 0 Å². The summed E-state index contributed by atoms with van der Waals surface area (Å²) in [5, 5.41) is 5.44. The van der Waals surface area contributed by atoms with Crippen LogP contribution in [0.4, 0.5) is 9.18 Å². The molecule has 2 aromatic rings. The molecule has 1 aliphatic heterocycles. The van der Waals surface area contributed by atoms with Crippen LogP contribution in [0, 0.1) is 5.82 Å². The van der Waals surface area contributed by atoms with E-state index in [0.717, 1.165) is 0 Å². The zero-order valence-corrected chi connectivity index (χ0v) is 14.1. The van der Waals surface area contributed by atoms with Crippen molar-refractivity contribution in [2.45, 2.75) is 12.1 Å². The van der Waals surface area contributed by atoms with Gasteiger partial charge in [-0.05, 0) is 29.3 Å². The minimum atomic E-state index is -0.960. The van der Waals surface area contributed by atoms with Crippen LogP contribution in [0.15, 0.2) is 36.7 Å². The number of carbonyl (C=O) groups is 2. The van der Waals surface area contributed by atoms with E-state index in [2.05, 4.69) is 15.6 Å². The smallest absolute Gasteiger partial charge is 0.408 e. The Labute approximate surface area is 152 Å². The van der Waals surface area contributed by atoms with Gasteiger partial charge in [0.05, 0.1) is 22.6 Å². The Morgan fingerprint density at radius 1 is 1.32 bits per heavy atom. The van der Waals surface area contributed by atoms with Crippen LogP contribution in [0.25, 0.3) is 0 Å². The lowest BCUT2D eigenvalue weighted by atomic mass is 9.99. The predicted octanol–water partition coefficient (Wildman–Crippen LogP) is 2.84. The summed E-state index contributed by atoms with van der Waals surface area (Å²) in [5.74, 6) is -1.09. The maximum absolute atomic E-state index is 13.5. The van der Waals surface area contributed by atoms with Gasteiger partial charge in [-0.1, -0.05) is 29.3 Å². The van der Waals surface area contributed by atoms with E-state index in [1.807, 2.05) is 0 Å². The number of halogens is 3. The highest BCUT2D eigenvalue weighted by Gasteiger charge is 2.31. The number of carbonyl (C=O) groups excluding carboxylic acids is 2. The van der Waals surface area contributed by atoms with Crippen LogP contribution in [0.2, 0.25) is 10.0 Å². The fourth-order valence-corrected chi connectivity index (χ4v) is 2.78. The first-order chi connectivity index (χ1) is 11.9. The summed E-state index contributed by atoms with van der Waals surface area (Å²) in [6.07, 6.45) is 1.35. The Balaban J connectivity index is 1.92. The van der Waals surface area contributed by atoms with Crippen molar-refractivity contribution in [1.29, 1.82) is 0 Å². The van der Waals surface area contributed by atoms with Crippen molar-refractivity contribution in [3.05, 3.63) is 63.6 Å².